The molecule has 3 aromatic rings. The van der Waals surface area contributed by atoms with Gasteiger partial charge in [0.15, 0.2) is 0 Å². The molecule has 0 bridgehead atoms. The van der Waals surface area contributed by atoms with E-state index >= 15 is 0 Å². The largest absolute Gasteiger partial charge is 0.494 e. The predicted molar refractivity (Wildman–Crippen MR) is 134 cm³/mol. The number of halogens is 1. The Morgan fingerprint density at radius 3 is 2.45 bits per heavy atom. The molecule has 8 nitrogen and oxygen atoms in total. The van der Waals surface area contributed by atoms with Gasteiger partial charge in [-0.3, -0.25) is 5.43 Å². The molecule has 2 aromatic carbocycles. The normalized spacial score (nSPS) is 11.8. The minimum atomic E-state index is 0.125. The number of nitrogens with one attached hydrogen (secondary N) is 1. The number of hydrogen-bond donors (Lipinski definition) is 1. The van der Waals surface area contributed by atoms with Crippen molar-refractivity contribution < 1.29 is 9.47 Å². The van der Waals surface area contributed by atoms with Gasteiger partial charge in [0.2, 0.25) is 0 Å². The van der Waals surface area contributed by atoms with Crippen LogP contribution in [0.1, 0.15) is 39.2 Å². The van der Waals surface area contributed by atoms with Crippen molar-refractivity contribution in [3.8, 4) is 11.5 Å². The highest BCUT2D eigenvalue weighted by Gasteiger charge is 2.17. The van der Waals surface area contributed by atoms with E-state index in [1.54, 1.807) is 7.05 Å². The van der Waals surface area contributed by atoms with Gasteiger partial charge in [-0.05, 0) is 76.1 Å². The summed E-state index contributed by atoms with van der Waals surface area (Å²) in [5.74, 6) is 1.59. The molecule has 0 saturated carbocycles. The number of hydrogen-bond acceptors (Lipinski definition) is 6. The van der Waals surface area contributed by atoms with E-state index in [4.69, 9.17) is 9.47 Å². The molecule has 1 aromatic heterocycles. The highest BCUT2D eigenvalue weighted by molar-refractivity contribution is 9.10. The number of benzene rings is 2. The van der Waals surface area contributed by atoms with Gasteiger partial charge in [-0.15, -0.1) is 5.10 Å². The van der Waals surface area contributed by atoms with Gasteiger partial charge in [0.05, 0.1) is 35.9 Å². The second-order valence-electron chi connectivity index (χ2n) is 8.87. The standard InChI is InChI=1S/C24H31BrN6O2/c1-17(27-29-26-5)18-8-10-19(11-9-18)32-14-6-7-15-33-21-13-12-20-23(22(21)25)28-30-31(20)16-24(2,3)4/h8-13H,1,6-7,14-16H2,2-5H3,(H,26,27). The lowest BCUT2D eigenvalue weighted by molar-refractivity contribution is 0.266. The first kappa shape index (κ1) is 24.7. The molecule has 33 heavy (non-hydrogen) atoms. The number of aromatic nitrogens is 3. The van der Waals surface area contributed by atoms with Crippen LogP contribution in [0.5, 0.6) is 11.5 Å². The molecular formula is C24H31BrN6O2. The molecule has 0 radical (unpaired) electrons. The minimum Gasteiger partial charge on any atom is -0.494 e. The monoisotopic (exact) mass is 514 g/mol. The van der Waals surface area contributed by atoms with E-state index in [0.29, 0.717) is 18.9 Å². The first-order chi connectivity index (χ1) is 15.8. The smallest absolute Gasteiger partial charge is 0.135 e. The number of ether oxygens (including phenoxy) is 2. The van der Waals surface area contributed by atoms with Crippen molar-refractivity contribution >= 4 is 32.7 Å². The molecule has 0 aliphatic rings. The molecule has 0 fully saturated rings. The molecule has 0 aliphatic heterocycles. The Labute approximate surface area is 203 Å². The van der Waals surface area contributed by atoms with Gasteiger partial charge in [-0.25, -0.2) is 4.68 Å². The summed E-state index contributed by atoms with van der Waals surface area (Å²) < 4.78 is 14.6. The summed E-state index contributed by atoms with van der Waals surface area (Å²) in [7, 11) is 1.60. The maximum absolute atomic E-state index is 5.97. The van der Waals surface area contributed by atoms with Gasteiger partial charge in [-0.1, -0.05) is 37.8 Å². The zero-order chi connectivity index (χ0) is 23.8. The SMILES string of the molecule is C=C(NN=NC)c1ccc(OCCCCOc2ccc3c(nnn3CC(C)(C)C)c2Br)cc1. The van der Waals surface area contributed by atoms with Gasteiger partial charge in [0, 0.05) is 6.54 Å². The van der Waals surface area contributed by atoms with E-state index in [2.05, 4.69) is 69.4 Å². The number of fused-ring (bicyclic) bond motifs is 1. The van der Waals surface area contributed by atoms with Crippen LogP contribution < -0.4 is 14.9 Å². The summed E-state index contributed by atoms with van der Waals surface area (Å²) in [6, 6.07) is 11.7. The van der Waals surface area contributed by atoms with Gasteiger partial charge >= 0.3 is 0 Å². The molecular weight excluding hydrogens is 484 g/mol. The molecule has 0 aliphatic carbocycles. The lowest BCUT2D eigenvalue weighted by atomic mass is 9.97. The summed E-state index contributed by atoms with van der Waals surface area (Å²) >= 11 is 3.63. The fourth-order valence-electron chi connectivity index (χ4n) is 3.17. The lowest BCUT2D eigenvalue weighted by Gasteiger charge is -2.18. The van der Waals surface area contributed by atoms with Crippen molar-refractivity contribution in [2.24, 2.45) is 15.8 Å². The fourth-order valence-corrected chi connectivity index (χ4v) is 3.70. The highest BCUT2D eigenvalue weighted by Crippen LogP contribution is 2.32. The summed E-state index contributed by atoms with van der Waals surface area (Å²) in [5, 5.41) is 16.0. The lowest BCUT2D eigenvalue weighted by Crippen LogP contribution is -2.16. The highest BCUT2D eigenvalue weighted by atomic mass is 79.9. The fraction of sp³-hybridized carbons (Fsp3) is 0.417. The van der Waals surface area contributed by atoms with Crippen LogP contribution in [0.2, 0.25) is 0 Å². The third-order valence-corrected chi connectivity index (χ3v) is 5.53. The molecule has 0 amide bonds. The van der Waals surface area contributed by atoms with Gasteiger partial charge < -0.3 is 9.47 Å². The summed E-state index contributed by atoms with van der Waals surface area (Å²) in [4.78, 5) is 0. The third-order valence-electron chi connectivity index (χ3n) is 4.77. The average molecular weight is 515 g/mol. The average Bonchev–Trinajstić information content (AvgIpc) is 3.18. The third kappa shape index (κ3) is 7.02. The first-order valence-corrected chi connectivity index (χ1v) is 11.7. The van der Waals surface area contributed by atoms with Crippen molar-refractivity contribution in [2.75, 3.05) is 20.3 Å². The van der Waals surface area contributed by atoms with E-state index in [1.165, 1.54) is 0 Å². The van der Waals surface area contributed by atoms with Crippen LogP contribution in [0.4, 0.5) is 0 Å². The van der Waals surface area contributed by atoms with E-state index in [0.717, 1.165) is 52.0 Å². The first-order valence-electron chi connectivity index (χ1n) is 10.9. The molecule has 0 unspecified atom stereocenters. The Hall–Kier alpha value is -2.94. The summed E-state index contributed by atoms with van der Waals surface area (Å²) in [5.41, 5.74) is 6.33. The molecule has 3 rings (SSSR count). The van der Waals surface area contributed by atoms with Crippen molar-refractivity contribution in [2.45, 2.75) is 40.2 Å². The van der Waals surface area contributed by atoms with Crippen LogP contribution in [0, 0.1) is 5.41 Å². The molecule has 1 N–H and O–H groups in total. The van der Waals surface area contributed by atoms with E-state index in [1.807, 2.05) is 41.1 Å². The molecule has 1 heterocycles. The summed E-state index contributed by atoms with van der Waals surface area (Å²) in [6.45, 7) is 12.5. The molecule has 0 saturated heterocycles. The number of unbranched alkanes of at least 4 members (excludes halogenated alkanes) is 1. The zero-order valence-corrected chi connectivity index (χ0v) is 21.2. The van der Waals surface area contributed by atoms with Crippen LogP contribution in [-0.2, 0) is 6.54 Å². The van der Waals surface area contributed by atoms with Crippen molar-refractivity contribution in [1.82, 2.24) is 20.4 Å². The molecule has 0 atom stereocenters. The van der Waals surface area contributed by atoms with Crippen LogP contribution in [0.3, 0.4) is 0 Å². The Morgan fingerprint density at radius 2 is 1.79 bits per heavy atom. The van der Waals surface area contributed by atoms with Gasteiger partial charge in [-0.2, -0.15) is 5.11 Å². The molecule has 176 valence electrons. The molecule has 9 heteroatoms. The second-order valence-corrected chi connectivity index (χ2v) is 9.66. The van der Waals surface area contributed by atoms with Crippen molar-refractivity contribution in [3.05, 3.63) is 53.0 Å². The Morgan fingerprint density at radius 1 is 1.09 bits per heavy atom. The summed E-state index contributed by atoms with van der Waals surface area (Å²) in [6.07, 6.45) is 1.76. The predicted octanol–water partition coefficient (Wildman–Crippen LogP) is 6.04. The second kappa shape index (κ2) is 11.3. The Kier molecular flexibility index (Phi) is 8.43. The van der Waals surface area contributed by atoms with Crippen molar-refractivity contribution in [3.63, 3.8) is 0 Å². The maximum atomic E-state index is 5.97. The van der Waals surface area contributed by atoms with Crippen LogP contribution >= 0.6 is 15.9 Å². The Bertz CT molecular complexity index is 1100. The van der Waals surface area contributed by atoms with Crippen LogP contribution in [0.15, 0.2) is 57.8 Å². The van der Waals surface area contributed by atoms with Crippen LogP contribution in [0.25, 0.3) is 16.7 Å². The minimum absolute atomic E-state index is 0.125. The van der Waals surface area contributed by atoms with E-state index in [9.17, 15) is 0 Å². The zero-order valence-electron chi connectivity index (χ0n) is 19.6. The number of nitrogens with zero attached hydrogens (tertiary/aromatic N) is 5. The van der Waals surface area contributed by atoms with E-state index < -0.39 is 0 Å². The van der Waals surface area contributed by atoms with Gasteiger partial charge in [0.25, 0.3) is 0 Å². The van der Waals surface area contributed by atoms with E-state index in [-0.39, 0.29) is 5.41 Å². The topological polar surface area (TPSA) is 85.9 Å². The maximum Gasteiger partial charge on any atom is 0.135 e. The Balaban J connectivity index is 1.43. The number of rotatable bonds is 11. The van der Waals surface area contributed by atoms with Crippen LogP contribution in [-0.4, -0.2) is 35.3 Å². The molecule has 0 spiro atoms. The van der Waals surface area contributed by atoms with Crippen molar-refractivity contribution in [1.29, 1.82) is 0 Å². The van der Waals surface area contributed by atoms with Gasteiger partial charge in [0.1, 0.15) is 17.0 Å². The quantitative estimate of drug-likeness (QED) is 0.191.